The van der Waals surface area contributed by atoms with Crippen molar-refractivity contribution in [2.24, 2.45) is 0 Å². The van der Waals surface area contributed by atoms with Gasteiger partial charge in [-0.2, -0.15) is 0 Å². The molecule has 0 radical (unpaired) electrons. The molecule has 3 aromatic rings. The van der Waals surface area contributed by atoms with E-state index in [0.717, 1.165) is 5.56 Å². The fourth-order valence-electron chi connectivity index (χ4n) is 2.50. The molecule has 0 fully saturated rings. The van der Waals surface area contributed by atoms with Gasteiger partial charge in [-0.05, 0) is 48.0 Å². The van der Waals surface area contributed by atoms with E-state index in [1.165, 1.54) is 25.3 Å². The maximum absolute atomic E-state index is 12.5. The maximum Gasteiger partial charge on any atom is 0.337 e. The molecule has 2 amide bonds. The molecule has 0 saturated carbocycles. The molecule has 0 unspecified atom stereocenters. The number of benzene rings is 1. The smallest absolute Gasteiger partial charge is 0.337 e. The predicted octanol–water partition coefficient (Wildman–Crippen LogP) is 2.45. The second-order valence-corrected chi connectivity index (χ2v) is 5.97. The van der Waals surface area contributed by atoms with E-state index in [2.05, 4.69) is 25.3 Å². The average Bonchev–Trinajstić information content (AvgIpc) is 2.77. The molecule has 3 rings (SSSR count). The third-order valence-electron chi connectivity index (χ3n) is 3.96. The molecular formula is C21H18N4O4. The van der Waals surface area contributed by atoms with Crippen LogP contribution >= 0.6 is 0 Å². The molecular weight excluding hydrogens is 372 g/mol. The van der Waals surface area contributed by atoms with Gasteiger partial charge in [0.05, 0.1) is 12.7 Å². The van der Waals surface area contributed by atoms with Crippen LogP contribution in [-0.2, 0) is 11.3 Å². The fourth-order valence-corrected chi connectivity index (χ4v) is 2.50. The summed E-state index contributed by atoms with van der Waals surface area (Å²) in [6.45, 7) is 0.319. The van der Waals surface area contributed by atoms with Gasteiger partial charge in [0, 0.05) is 24.6 Å². The van der Waals surface area contributed by atoms with Crippen LogP contribution < -0.4 is 10.6 Å². The zero-order valence-electron chi connectivity index (χ0n) is 15.6. The van der Waals surface area contributed by atoms with E-state index in [1.54, 1.807) is 48.8 Å². The Morgan fingerprint density at radius 3 is 2.34 bits per heavy atom. The Bertz CT molecular complexity index is 1040. The highest BCUT2D eigenvalue weighted by molar-refractivity contribution is 6.04. The third kappa shape index (κ3) is 5.23. The number of amides is 2. The van der Waals surface area contributed by atoms with Gasteiger partial charge in [-0.3, -0.25) is 14.6 Å². The summed E-state index contributed by atoms with van der Waals surface area (Å²) in [6, 6.07) is 14.5. The number of ether oxygens (including phenoxy) is 1. The number of anilines is 1. The Balaban J connectivity index is 1.67. The zero-order valence-corrected chi connectivity index (χ0v) is 15.6. The molecule has 0 bridgehead atoms. The summed E-state index contributed by atoms with van der Waals surface area (Å²) in [5.74, 6) is -1.41. The zero-order chi connectivity index (χ0) is 20.6. The van der Waals surface area contributed by atoms with Crippen LogP contribution in [0.2, 0.25) is 0 Å². The molecule has 1 aromatic carbocycles. The monoisotopic (exact) mass is 390 g/mol. The highest BCUT2D eigenvalue weighted by Crippen LogP contribution is 2.13. The molecule has 0 aliphatic carbocycles. The standard InChI is InChI=1S/C21H18N4O4/c1-29-21(28)15-4-2-5-16(12-15)24-20(27)18-7-3-6-17(25-18)19(26)23-13-14-8-10-22-11-9-14/h2-12H,13H2,1H3,(H,23,26)(H,24,27). The Kier molecular flexibility index (Phi) is 6.26. The first kappa shape index (κ1) is 19.7. The second kappa shape index (κ2) is 9.23. The molecule has 8 nitrogen and oxygen atoms in total. The number of esters is 1. The predicted molar refractivity (Wildman–Crippen MR) is 105 cm³/mol. The molecule has 0 saturated heterocycles. The van der Waals surface area contributed by atoms with E-state index in [4.69, 9.17) is 0 Å². The maximum atomic E-state index is 12.5. The molecule has 0 atom stereocenters. The molecule has 0 aliphatic heterocycles. The number of rotatable bonds is 6. The molecule has 0 spiro atoms. The van der Waals surface area contributed by atoms with Gasteiger partial charge in [0.25, 0.3) is 11.8 Å². The van der Waals surface area contributed by atoms with Crippen LogP contribution in [-0.4, -0.2) is 34.9 Å². The Morgan fingerprint density at radius 1 is 0.931 bits per heavy atom. The number of methoxy groups -OCH3 is 1. The van der Waals surface area contributed by atoms with Crippen LogP contribution in [0.15, 0.2) is 67.0 Å². The van der Waals surface area contributed by atoms with Crippen LogP contribution in [0.4, 0.5) is 5.69 Å². The molecule has 29 heavy (non-hydrogen) atoms. The summed E-state index contributed by atoms with van der Waals surface area (Å²) in [5, 5.41) is 5.40. The minimum absolute atomic E-state index is 0.0741. The van der Waals surface area contributed by atoms with Gasteiger partial charge in [0.15, 0.2) is 0 Å². The van der Waals surface area contributed by atoms with E-state index >= 15 is 0 Å². The van der Waals surface area contributed by atoms with E-state index in [9.17, 15) is 14.4 Å². The number of hydrogen-bond acceptors (Lipinski definition) is 6. The largest absolute Gasteiger partial charge is 0.465 e. The SMILES string of the molecule is COC(=O)c1cccc(NC(=O)c2cccc(C(=O)NCc3ccncc3)n2)c1. The second-order valence-electron chi connectivity index (χ2n) is 5.97. The quantitative estimate of drug-likeness (QED) is 0.626. The summed E-state index contributed by atoms with van der Waals surface area (Å²) in [7, 11) is 1.28. The molecule has 146 valence electrons. The molecule has 8 heteroatoms. The lowest BCUT2D eigenvalue weighted by molar-refractivity contribution is 0.0600. The van der Waals surface area contributed by atoms with Crippen molar-refractivity contribution in [1.82, 2.24) is 15.3 Å². The average molecular weight is 390 g/mol. The van der Waals surface area contributed by atoms with Crippen LogP contribution in [0, 0.1) is 0 Å². The van der Waals surface area contributed by atoms with Gasteiger partial charge >= 0.3 is 5.97 Å². The van der Waals surface area contributed by atoms with Crippen LogP contribution in [0.1, 0.15) is 36.9 Å². The lowest BCUT2D eigenvalue weighted by atomic mass is 10.2. The Hall–Kier alpha value is -4.07. The first-order chi connectivity index (χ1) is 14.1. The van der Waals surface area contributed by atoms with Crippen molar-refractivity contribution in [2.75, 3.05) is 12.4 Å². The molecule has 2 aromatic heterocycles. The number of pyridine rings is 2. The summed E-state index contributed by atoms with van der Waals surface area (Å²) in [4.78, 5) is 44.5. The summed E-state index contributed by atoms with van der Waals surface area (Å²) in [5.41, 5.74) is 1.81. The number of hydrogen-bond donors (Lipinski definition) is 2. The number of carbonyl (C=O) groups excluding carboxylic acids is 3. The van der Waals surface area contributed by atoms with Gasteiger partial charge in [-0.1, -0.05) is 12.1 Å². The highest BCUT2D eigenvalue weighted by Gasteiger charge is 2.13. The van der Waals surface area contributed by atoms with Crippen molar-refractivity contribution in [1.29, 1.82) is 0 Å². The minimum Gasteiger partial charge on any atom is -0.465 e. The lowest BCUT2D eigenvalue weighted by Gasteiger charge is -2.08. The van der Waals surface area contributed by atoms with Crippen molar-refractivity contribution in [3.8, 4) is 0 Å². The number of nitrogens with one attached hydrogen (secondary N) is 2. The summed E-state index contributed by atoms with van der Waals surface area (Å²) >= 11 is 0. The summed E-state index contributed by atoms with van der Waals surface area (Å²) in [6.07, 6.45) is 3.28. The fraction of sp³-hybridized carbons (Fsp3) is 0.0952. The van der Waals surface area contributed by atoms with Crippen LogP contribution in [0.25, 0.3) is 0 Å². The van der Waals surface area contributed by atoms with E-state index in [0.29, 0.717) is 17.8 Å². The minimum atomic E-state index is -0.507. The van der Waals surface area contributed by atoms with E-state index < -0.39 is 17.8 Å². The molecule has 2 N–H and O–H groups in total. The Morgan fingerprint density at radius 2 is 1.62 bits per heavy atom. The number of aromatic nitrogens is 2. The van der Waals surface area contributed by atoms with Gasteiger partial charge in [0.1, 0.15) is 11.4 Å². The normalized spacial score (nSPS) is 10.1. The van der Waals surface area contributed by atoms with Crippen molar-refractivity contribution in [3.63, 3.8) is 0 Å². The third-order valence-corrected chi connectivity index (χ3v) is 3.96. The van der Waals surface area contributed by atoms with Crippen molar-refractivity contribution in [2.45, 2.75) is 6.54 Å². The van der Waals surface area contributed by atoms with Crippen LogP contribution in [0.5, 0.6) is 0 Å². The van der Waals surface area contributed by atoms with E-state index in [-0.39, 0.29) is 11.4 Å². The Labute approximate surface area is 167 Å². The topological polar surface area (TPSA) is 110 Å². The first-order valence-corrected chi connectivity index (χ1v) is 8.70. The van der Waals surface area contributed by atoms with E-state index in [1.807, 2.05) is 0 Å². The lowest BCUT2D eigenvalue weighted by Crippen LogP contribution is -2.25. The van der Waals surface area contributed by atoms with Crippen molar-refractivity contribution < 1.29 is 19.1 Å². The van der Waals surface area contributed by atoms with Gasteiger partial charge in [-0.25, -0.2) is 9.78 Å². The van der Waals surface area contributed by atoms with Crippen LogP contribution in [0.3, 0.4) is 0 Å². The van der Waals surface area contributed by atoms with Gasteiger partial charge in [0.2, 0.25) is 0 Å². The van der Waals surface area contributed by atoms with Gasteiger partial charge < -0.3 is 15.4 Å². The first-order valence-electron chi connectivity index (χ1n) is 8.70. The highest BCUT2D eigenvalue weighted by atomic mass is 16.5. The van der Waals surface area contributed by atoms with Gasteiger partial charge in [-0.15, -0.1) is 0 Å². The van der Waals surface area contributed by atoms with Crippen molar-refractivity contribution in [3.05, 3.63) is 89.5 Å². The molecule has 2 heterocycles. The molecule has 0 aliphatic rings. The number of carbonyl (C=O) groups is 3. The summed E-state index contributed by atoms with van der Waals surface area (Å²) < 4.78 is 4.67. The van der Waals surface area contributed by atoms with Crippen molar-refractivity contribution >= 4 is 23.5 Å². The number of nitrogens with zero attached hydrogens (tertiary/aromatic N) is 2.